The number of aryl methyl sites for hydroxylation is 1. The molecule has 0 saturated heterocycles. The highest BCUT2D eigenvalue weighted by Crippen LogP contribution is 2.15. The number of carboxylic acid groups (broad SMARTS) is 1. The molecule has 0 heterocycles. The summed E-state index contributed by atoms with van der Waals surface area (Å²) >= 11 is 0. The maximum Gasteiger partial charge on any atom is 0.336 e. The van der Waals surface area contributed by atoms with Crippen molar-refractivity contribution in [1.29, 1.82) is 0 Å². The Hall–Kier alpha value is -2.30. The van der Waals surface area contributed by atoms with Crippen LogP contribution >= 0.6 is 0 Å². The molecule has 0 unspecified atom stereocenters. The van der Waals surface area contributed by atoms with Gasteiger partial charge in [-0.1, -0.05) is 12.1 Å². The van der Waals surface area contributed by atoms with Crippen molar-refractivity contribution in [3.05, 3.63) is 42.0 Å². The first-order valence-electron chi connectivity index (χ1n) is 5.42. The number of anilines is 1. The van der Waals surface area contributed by atoms with E-state index in [9.17, 15) is 9.59 Å². The molecule has 1 rings (SSSR count). The Labute approximate surface area is 106 Å². The van der Waals surface area contributed by atoms with Crippen molar-refractivity contribution in [3.8, 4) is 0 Å². The Bertz CT molecular complexity index is 483. The number of carbonyl (C=O) groups excluding carboxylic acids is 1. The fraction of sp³-hybridized carbons (Fsp3) is 0.231. The number of nitrogens with zero attached hydrogens (tertiary/aromatic N) is 1. The van der Waals surface area contributed by atoms with E-state index in [4.69, 9.17) is 5.11 Å². The predicted molar refractivity (Wildman–Crippen MR) is 70.0 cm³/mol. The van der Waals surface area contributed by atoms with Crippen molar-refractivity contribution in [1.82, 2.24) is 4.90 Å². The first kappa shape index (κ1) is 13.8. The largest absolute Gasteiger partial charge is 0.478 e. The predicted octanol–water partition coefficient (Wildman–Crippen LogP) is 2.34. The SMILES string of the molecule is C=CCN(C)C(=O)Nc1ccc(C)c(C(=O)O)c1. The van der Waals surface area contributed by atoms with E-state index in [1.54, 1.807) is 32.2 Å². The summed E-state index contributed by atoms with van der Waals surface area (Å²) in [7, 11) is 1.63. The molecule has 0 aliphatic rings. The zero-order valence-corrected chi connectivity index (χ0v) is 10.4. The summed E-state index contributed by atoms with van der Waals surface area (Å²) in [5, 5.41) is 11.6. The molecule has 0 saturated carbocycles. The molecular formula is C13H16N2O3. The van der Waals surface area contributed by atoms with Crippen molar-refractivity contribution in [2.75, 3.05) is 18.9 Å². The number of likely N-dealkylation sites (N-methyl/N-ethyl adjacent to an activating group) is 1. The summed E-state index contributed by atoms with van der Waals surface area (Å²) in [6.45, 7) is 5.67. The molecule has 0 bridgehead atoms. The maximum absolute atomic E-state index is 11.7. The number of hydrogen-bond donors (Lipinski definition) is 2. The molecule has 0 atom stereocenters. The summed E-state index contributed by atoms with van der Waals surface area (Å²) in [5.41, 5.74) is 1.29. The third-order valence-corrected chi connectivity index (χ3v) is 2.47. The molecule has 18 heavy (non-hydrogen) atoms. The van der Waals surface area contributed by atoms with Gasteiger partial charge in [0.25, 0.3) is 0 Å². The van der Waals surface area contributed by atoms with Gasteiger partial charge in [-0.05, 0) is 24.6 Å². The third kappa shape index (κ3) is 3.35. The number of carbonyl (C=O) groups is 2. The van der Waals surface area contributed by atoms with Crippen LogP contribution in [0.25, 0.3) is 0 Å². The van der Waals surface area contributed by atoms with Gasteiger partial charge in [-0.2, -0.15) is 0 Å². The van der Waals surface area contributed by atoms with E-state index in [1.807, 2.05) is 0 Å². The average Bonchev–Trinajstić information content (AvgIpc) is 2.31. The van der Waals surface area contributed by atoms with Gasteiger partial charge in [-0.3, -0.25) is 0 Å². The smallest absolute Gasteiger partial charge is 0.336 e. The highest BCUT2D eigenvalue weighted by molar-refractivity contribution is 5.94. The zero-order chi connectivity index (χ0) is 13.7. The van der Waals surface area contributed by atoms with E-state index in [0.717, 1.165) is 0 Å². The molecule has 0 fully saturated rings. The van der Waals surface area contributed by atoms with E-state index >= 15 is 0 Å². The normalized spacial score (nSPS) is 9.67. The summed E-state index contributed by atoms with van der Waals surface area (Å²) in [4.78, 5) is 24.1. The lowest BCUT2D eigenvalue weighted by Crippen LogP contribution is -2.31. The van der Waals surface area contributed by atoms with Crippen molar-refractivity contribution >= 4 is 17.7 Å². The standard InChI is InChI=1S/C13H16N2O3/c1-4-7-15(3)13(18)14-10-6-5-9(2)11(8-10)12(16)17/h4-6,8H,1,7H2,2-3H3,(H,14,18)(H,16,17). The van der Waals surface area contributed by atoms with Crippen LogP contribution in [0.3, 0.4) is 0 Å². The fourth-order valence-corrected chi connectivity index (χ4v) is 1.43. The number of urea groups is 1. The lowest BCUT2D eigenvalue weighted by Gasteiger charge is -2.16. The first-order chi connectivity index (χ1) is 8.45. The van der Waals surface area contributed by atoms with Gasteiger partial charge in [0.15, 0.2) is 0 Å². The van der Waals surface area contributed by atoms with Crippen molar-refractivity contribution in [2.45, 2.75) is 6.92 Å². The molecule has 96 valence electrons. The van der Waals surface area contributed by atoms with Gasteiger partial charge in [0.2, 0.25) is 0 Å². The van der Waals surface area contributed by atoms with E-state index < -0.39 is 5.97 Å². The summed E-state index contributed by atoms with van der Waals surface area (Å²) in [5.74, 6) is -1.01. The summed E-state index contributed by atoms with van der Waals surface area (Å²) < 4.78 is 0. The number of carboxylic acids is 1. The maximum atomic E-state index is 11.7. The molecular weight excluding hydrogens is 232 g/mol. The Morgan fingerprint density at radius 1 is 1.50 bits per heavy atom. The number of rotatable bonds is 4. The van der Waals surface area contributed by atoms with Crippen LogP contribution in [0, 0.1) is 6.92 Å². The van der Waals surface area contributed by atoms with Gasteiger partial charge < -0.3 is 15.3 Å². The van der Waals surface area contributed by atoms with Crippen molar-refractivity contribution in [2.24, 2.45) is 0 Å². The summed E-state index contributed by atoms with van der Waals surface area (Å²) in [6.07, 6.45) is 1.61. The molecule has 5 heteroatoms. The number of hydrogen-bond acceptors (Lipinski definition) is 2. The van der Waals surface area contributed by atoms with E-state index in [1.165, 1.54) is 11.0 Å². The van der Waals surface area contributed by atoms with Crippen LogP contribution in [-0.4, -0.2) is 35.6 Å². The van der Waals surface area contributed by atoms with Gasteiger partial charge >= 0.3 is 12.0 Å². The molecule has 5 nitrogen and oxygen atoms in total. The Morgan fingerprint density at radius 3 is 2.72 bits per heavy atom. The average molecular weight is 248 g/mol. The fourth-order valence-electron chi connectivity index (χ4n) is 1.43. The molecule has 0 aromatic heterocycles. The molecule has 0 radical (unpaired) electrons. The molecule has 1 aromatic rings. The molecule has 2 N–H and O–H groups in total. The van der Waals surface area contributed by atoms with Crippen LogP contribution in [0.4, 0.5) is 10.5 Å². The summed E-state index contributed by atoms with van der Waals surface area (Å²) in [6, 6.07) is 4.46. The van der Waals surface area contributed by atoms with Crippen LogP contribution in [-0.2, 0) is 0 Å². The molecule has 2 amide bonds. The number of amides is 2. The lowest BCUT2D eigenvalue weighted by atomic mass is 10.1. The van der Waals surface area contributed by atoms with Gasteiger partial charge in [-0.25, -0.2) is 9.59 Å². The number of benzene rings is 1. The van der Waals surface area contributed by atoms with Gasteiger partial charge in [0, 0.05) is 19.3 Å². The molecule has 0 aliphatic carbocycles. The number of nitrogens with one attached hydrogen (secondary N) is 1. The van der Waals surface area contributed by atoms with Crippen LogP contribution in [0.15, 0.2) is 30.9 Å². The molecule has 0 aliphatic heterocycles. The minimum Gasteiger partial charge on any atom is -0.478 e. The zero-order valence-electron chi connectivity index (χ0n) is 10.4. The van der Waals surface area contributed by atoms with Crippen LogP contribution < -0.4 is 5.32 Å². The second-order valence-corrected chi connectivity index (χ2v) is 3.93. The second-order valence-electron chi connectivity index (χ2n) is 3.93. The highest BCUT2D eigenvalue weighted by atomic mass is 16.4. The van der Waals surface area contributed by atoms with E-state index in [2.05, 4.69) is 11.9 Å². The monoisotopic (exact) mass is 248 g/mol. The minimum absolute atomic E-state index is 0.180. The Morgan fingerprint density at radius 2 is 2.17 bits per heavy atom. The van der Waals surface area contributed by atoms with Gasteiger partial charge in [-0.15, -0.1) is 6.58 Å². The molecule has 1 aromatic carbocycles. The third-order valence-electron chi connectivity index (χ3n) is 2.47. The Kier molecular flexibility index (Phi) is 4.48. The highest BCUT2D eigenvalue weighted by Gasteiger charge is 2.11. The van der Waals surface area contributed by atoms with Crippen LogP contribution in [0.1, 0.15) is 15.9 Å². The van der Waals surface area contributed by atoms with Crippen LogP contribution in [0.2, 0.25) is 0 Å². The first-order valence-corrected chi connectivity index (χ1v) is 5.42. The van der Waals surface area contributed by atoms with Crippen molar-refractivity contribution < 1.29 is 14.7 Å². The number of aromatic carboxylic acids is 1. The minimum atomic E-state index is -1.01. The quantitative estimate of drug-likeness (QED) is 0.803. The topological polar surface area (TPSA) is 69.6 Å². The van der Waals surface area contributed by atoms with Crippen molar-refractivity contribution in [3.63, 3.8) is 0 Å². The van der Waals surface area contributed by atoms with Gasteiger partial charge in [0.1, 0.15) is 0 Å². The van der Waals surface area contributed by atoms with Crippen LogP contribution in [0.5, 0.6) is 0 Å². The van der Waals surface area contributed by atoms with E-state index in [0.29, 0.717) is 17.8 Å². The van der Waals surface area contributed by atoms with E-state index in [-0.39, 0.29) is 11.6 Å². The Balaban J connectivity index is 2.85. The second kappa shape index (κ2) is 5.86. The lowest BCUT2D eigenvalue weighted by molar-refractivity contribution is 0.0696. The van der Waals surface area contributed by atoms with Gasteiger partial charge in [0.05, 0.1) is 5.56 Å². The molecule has 0 spiro atoms.